The molecular formula is C24H42N2O8S. The molecule has 3 amide bonds. The fourth-order valence-corrected chi connectivity index (χ4v) is 4.30. The van der Waals surface area contributed by atoms with Crippen LogP contribution in [0.5, 0.6) is 0 Å². The first-order chi connectivity index (χ1) is 16.9. The largest absolute Gasteiger partial charge is 0.382 e. The summed E-state index contributed by atoms with van der Waals surface area (Å²) in [6.45, 7) is 2.82. The van der Waals surface area contributed by atoms with Crippen LogP contribution in [0.2, 0.25) is 0 Å². The summed E-state index contributed by atoms with van der Waals surface area (Å²) in [5, 5.41) is -0.241. The van der Waals surface area contributed by atoms with E-state index in [0.717, 1.165) is 19.3 Å². The molecule has 0 bridgehead atoms. The molecule has 1 atom stereocenters. The number of ether oxygens (including phenoxy) is 4. The maximum absolute atomic E-state index is 12.6. The van der Waals surface area contributed by atoms with Gasteiger partial charge in [0, 0.05) is 46.8 Å². The van der Waals surface area contributed by atoms with E-state index in [4.69, 9.17) is 18.9 Å². The topological polar surface area (TPSA) is 112 Å². The van der Waals surface area contributed by atoms with Gasteiger partial charge in [-0.1, -0.05) is 12.8 Å². The van der Waals surface area contributed by atoms with Gasteiger partial charge in [-0.05, 0) is 25.5 Å². The molecule has 0 spiro atoms. The van der Waals surface area contributed by atoms with Crippen molar-refractivity contribution >= 4 is 35.3 Å². The molecule has 0 aromatic carbocycles. The lowest BCUT2D eigenvalue weighted by Crippen LogP contribution is -2.37. The lowest BCUT2D eigenvalue weighted by atomic mass is 10.1. The third kappa shape index (κ3) is 13.4. The third-order valence-electron chi connectivity index (χ3n) is 5.60. The zero-order valence-electron chi connectivity index (χ0n) is 21.5. The number of rotatable bonds is 22. The Labute approximate surface area is 213 Å². The summed E-state index contributed by atoms with van der Waals surface area (Å²) >= 11 is 1.42. The summed E-state index contributed by atoms with van der Waals surface area (Å²) in [5.74, 6) is -0.288. The van der Waals surface area contributed by atoms with Gasteiger partial charge in [0.05, 0.1) is 38.0 Å². The molecule has 1 saturated heterocycles. The minimum absolute atomic E-state index is 0.0178. The highest BCUT2D eigenvalue weighted by atomic mass is 32.2. The zero-order valence-corrected chi connectivity index (χ0v) is 22.3. The van der Waals surface area contributed by atoms with Crippen molar-refractivity contribution in [2.24, 2.45) is 0 Å². The summed E-state index contributed by atoms with van der Waals surface area (Å²) in [6, 6.07) is 0. The van der Waals surface area contributed by atoms with Crippen LogP contribution in [0, 0.1) is 0 Å². The van der Waals surface area contributed by atoms with Crippen LogP contribution in [0.15, 0.2) is 0 Å². The monoisotopic (exact) mass is 518 g/mol. The van der Waals surface area contributed by atoms with Gasteiger partial charge in [-0.3, -0.25) is 24.1 Å². The van der Waals surface area contributed by atoms with Crippen LogP contribution in [-0.4, -0.2) is 112 Å². The number of carbonyl (C=O) groups excluding carboxylic acids is 4. The fraction of sp³-hybridized carbons (Fsp3) is 0.833. The number of carbonyl (C=O) groups is 4. The van der Waals surface area contributed by atoms with Gasteiger partial charge in [0.2, 0.25) is 17.7 Å². The Bertz CT molecular complexity index is 649. The number of Topliss-reactive ketones (excluding diaryl/α,β-unsaturated/α-hetero) is 1. The summed E-state index contributed by atoms with van der Waals surface area (Å²) in [5.41, 5.74) is 0. The van der Waals surface area contributed by atoms with E-state index >= 15 is 0 Å². The maximum Gasteiger partial charge on any atom is 0.242 e. The Morgan fingerprint density at radius 3 is 2.40 bits per heavy atom. The Morgan fingerprint density at radius 2 is 1.71 bits per heavy atom. The molecule has 35 heavy (non-hydrogen) atoms. The van der Waals surface area contributed by atoms with E-state index in [1.807, 2.05) is 6.26 Å². The molecule has 10 nitrogen and oxygen atoms in total. The normalized spacial score (nSPS) is 15.7. The number of imide groups is 1. The molecule has 0 aliphatic carbocycles. The lowest BCUT2D eigenvalue weighted by molar-refractivity contribution is -0.138. The SMILES string of the molecule is COCCOCCCN(CC(=O)CCCCCCN1C(=O)CC(SC)C1=O)C(=O)CCOCOC. The Hall–Kier alpha value is -1.53. The van der Waals surface area contributed by atoms with Crippen LogP contribution in [0.1, 0.15) is 51.4 Å². The van der Waals surface area contributed by atoms with E-state index in [-0.39, 0.29) is 55.1 Å². The summed E-state index contributed by atoms with van der Waals surface area (Å²) in [6.07, 6.45) is 6.48. The van der Waals surface area contributed by atoms with Gasteiger partial charge < -0.3 is 23.8 Å². The number of methoxy groups -OCH3 is 2. The molecule has 0 aromatic rings. The number of hydrogen-bond acceptors (Lipinski definition) is 9. The van der Waals surface area contributed by atoms with Gasteiger partial charge in [0.15, 0.2) is 5.78 Å². The van der Waals surface area contributed by atoms with Crippen molar-refractivity contribution in [3.8, 4) is 0 Å². The van der Waals surface area contributed by atoms with Crippen LogP contribution in [0.3, 0.4) is 0 Å². The highest BCUT2D eigenvalue weighted by Crippen LogP contribution is 2.23. The molecule has 1 aliphatic rings. The zero-order chi connectivity index (χ0) is 25.9. The van der Waals surface area contributed by atoms with Gasteiger partial charge >= 0.3 is 0 Å². The molecule has 11 heteroatoms. The molecule has 1 heterocycles. The molecular weight excluding hydrogens is 476 g/mol. The maximum atomic E-state index is 12.6. The summed E-state index contributed by atoms with van der Waals surface area (Å²) < 4.78 is 20.4. The number of likely N-dealkylation sites (tertiary alicyclic amines) is 1. The molecule has 1 rings (SSSR count). The van der Waals surface area contributed by atoms with Gasteiger partial charge in [-0.15, -0.1) is 0 Å². The van der Waals surface area contributed by atoms with Gasteiger partial charge in [-0.25, -0.2) is 0 Å². The molecule has 0 N–H and O–H groups in total. The first-order valence-corrected chi connectivity index (χ1v) is 13.5. The van der Waals surface area contributed by atoms with E-state index < -0.39 is 0 Å². The molecule has 0 aromatic heterocycles. The minimum Gasteiger partial charge on any atom is -0.382 e. The highest BCUT2D eigenvalue weighted by molar-refractivity contribution is 8.00. The molecule has 202 valence electrons. The number of nitrogens with zero attached hydrogens (tertiary/aromatic N) is 2. The van der Waals surface area contributed by atoms with E-state index in [2.05, 4.69) is 0 Å². The van der Waals surface area contributed by atoms with Gasteiger partial charge in [0.1, 0.15) is 6.79 Å². The number of unbranched alkanes of at least 4 members (excludes halogenated alkanes) is 3. The van der Waals surface area contributed by atoms with Crippen molar-refractivity contribution in [1.82, 2.24) is 9.80 Å². The van der Waals surface area contributed by atoms with Crippen molar-refractivity contribution < 1.29 is 38.1 Å². The Kier molecular flexibility index (Phi) is 17.7. The van der Waals surface area contributed by atoms with Crippen LogP contribution in [0.4, 0.5) is 0 Å². The highest BCUT2D eigenvalue weighted by Gasteiger charge is 2.37. The number of hydrogen-bond donors (Lipinski definition) is 0. The average Bonchev–Trinajstić information content (AvgIpc) is 3.12. The standard InChI is InChI=1S/C24H42N2O8S/c1-31-15-16-33-13-8-11-25(22(28)10-14-34-19-32-2)18-20(27)9-6-4-5-7-12-26-23(29)17-21(35-3)24(26)30/h21H,4-19H2,1-3H3. The first kappa shape index (κ1) is 31.5. The second-order valence-corrected chi connectivity index (χ2v) is 9.39. The Morgan fingerprint density at radius 1 is 0.943 bits per heavy atom. The second kappa shape index (κ2) is 19.6. The van der Waals surface area contributed by atoms with Crippen LogP contribution in [-0.2, 0) is 38.1 Å². The third-order valence-corrected chi connectivity index (χ3v) is 6.54. The first-order valence-electron chi connectivity index (χ1n) is 12.2. The van der Waals surface area contributed by atoms with E-state index in [0.29, 0.717) is 58.6 Å². The molecule has 1 aliphatic heterocycles. The van der Waals surface area contributed by atoms with Gasteiger partial charge in [0.25, 0.3) is 0 Å². The predicted molar refractivity (Wildman–Crippen MR) is 133 cm³/mol. The lowest BCUT2D eigenvalue weighted by Gasteiger charge is -2.22. The molecule has 1 fully saturated rings. The predicted octanol–water partition coefficient (Wildman–Crippen LogP) is 1.89. The minimum atomic E-state index is -0.241. The van der Waals surface area contributed by atoms with Crippen LogP contribution < -0.4 is 0 Å². The number of thioether (sulfide) groups is 1. The van der Waals surface area contributed by atoms with Crippen molar-refractivity contribution in [3.05, 3.63) is 0 Å². The van der Waals surface area contributed by atoms with Crippen LogP contribution >= 0.6 is 11.8 Å². The van der Waals surface area contributed by atoms with Crippen molar-refractivity contribution in [3.63, 3.8) is 0 Å². The summed E-state index contributed by atoms with van der Waals surface area (Å²) in [7, 11) is 3.12. The van der Waals surface area contributed by atoms with Crippen molar-refractivity contribution in [2.75, 3.05) is 73.3 Å². The van der Waals surface area contributed by atoms with E-state index in [9.17, 15) is 19.2 Å². The summed E-state index contributed by atoms with van der Waals surface area (Å²) in [4.78, 5) is 52.1. The fourth-order valence-electron chi connectivity index (χ4n) is 3.66. The molecule has 1 unspecified atom stereocenters. The van der Waals surface area contributed by atoms with E-state index in [1.165, 1.54) is 23.8 Å². The van der Waals surface area contributed by atoms with Crippen molar-refractivity contribution in [1.29, 1.82) is 0 Å². The average molecular weight is 519 g/mol. The Balaban J connectivity index is 2.31. The molecule has 0 saturated carbocycles. The van der Waals surface area contributed by atoms with Crippen LogP contribution in [0.25, 0.3) is 0 Å². The smallest absolute Gasteiger partial charge is 0.242 e. The molecule has 0 radical (unpaired) electrons. The van der Waals surface area contributed by atoms with Gasteiger partial charge in [-0.2, -0.15) is 11.8 Å². The number of ketones is 1. The van der Waals surface area contributed by atoms with E-state index in [1.54, 1.807) is 12.0 Å². The quantitative estimate of drug-likeness (QED) is 0.120. The second-order valence-electron chi connectivity index (χ2n) is 8.35. The number of amides is 3. The van der Waals surface area contributed by atoms with Crippen molar-refractivity contribution in [2.45, 2.75) is 56.6 Å².